The Morgan fingerprint density at radius 1 is 0.540 bits per heavy atom. The second kappa shape index (κ2) is 13.1. The molecule has 0 fully saturated rings. The van der Waals surface area contributed by atoms with Gasteiger partial charge in [-0.15, -0.1) is 3.63 Å². The fourth-order valence-electron chi connectivity index (χ4n) is 3.65. The molecule has 0 radical (unpaired) electrons. The van der Waals surface area contributed by atoms with Crippen LogP contribution in [0.5, 0.6) is 11.5 Å². The monoisotopic (exact) mass is 784 g/mol. The Hall–Kier alpha value is -4.88. The summed E-state index contributed by atoms with van der Waals surface area (Å²) in [6.07, 6.45) is 3.11. The van der Waals surface area contributed by atoms with E-state index in [4.69, 9.17) is 8.83 Å². The maximum atomic E-state index is 12.4. The molecule has 0 unspecified atom stereocenters. The van der Waals surface area contributed by atoms with Gasteiger partial charge in [-0.1, -0.05) is 24.3 Å². The number of phenolic OH excluding ortho intramolecular Hbond substituents is 1. The van der Waals surface area contributed by atoms with Crippen molar-refractivity contribution in [1.82, 2.24) is 9.97 Å². The van der Waals surface area contributed by atoms with Gasteiger partial charge in [0.15, 0.2) is 22.7 Å². The second-order valence-electron chi connectivity index (χ2n) is 9.05. The Morgan fingerprint density at radius 2 is 0.940 bits per heavy atom. The summed E-state index contributed by atoms with van der Waals surface area (Å²) in [5.41, 5.74) is -16.9. The van der Waals surface area contributed by atoms with Crippen molar-refractivity contribution in [3.8, 4) is 11.5 Å². The van der Waals surface area contributed by atoms with Gasteiger partial charge in [0.25, 0.3) is 0 Å². The highest BCUT2D eigenvalue weighted by Gasteiger charge is 2.57. The lowest BCUT2D eigenvalue weighted by Crippen LogP contribution is -2.34. The van der Waals surface area contributed by atoms with Crippen molar-refractivity contribution in [3.63, 3.8) is 0 Å². The van der Waals surface area contributed by atoms with Crippen molar-refractivity contribution in [2.45, 2.75) is 16.5 Å². The van der Waals surface area contributed by atoms with Crippen molar-refractivity contribution < 1.29 is 86.5 Å². The normalized spacial score (nSPS) is 13.1. The Morgan fingerprint density at radius 3 is 1.40 bits per heavy atom. The molecule has 4 heterocycles. The van der Waals surface area contributed by atoms with E-state index in [1.54, 1.807) is 36.5 Å². The number of pyridine rings is 2. The molecule has 50 heavy (non-hydrogen) atoms. The predicted molar refractivity (Wildman–Crippen MR) is 151 cm³/mol. The molecule has 6 rings (SSSR count). The fourth-order valence-corrected chi connectivity index (χ4v) is 5.67. The predicted octanol–water partition coefficient (Wildman–Crippen LogP) is 6.60. The summed E-state index contributed by atoms with van der Waals surface area (Å²) < 4.78 is 184. The molecule has 6 aromatic rings. The Labute approximate surface area is 271 Å². The molecule has 0 saturated heterocycles. The van der Waals surface area contributed by atoms with Crippen LogP contribution >= 0.6 is 0 Å². The fraction of sp³-hybridized carbons (Fsp3) is 0.120. The molecule has 0 spiro atoms. The summed E-state index contributed by atoms with van der Waals surface area (Å²) in [4.78, 5) is 7.99. The van der Waals surface area contributed by atoms with Gasteiger partial charge in [0, 0.05) is 33.9 Å². The van der Waals surface area contributed by atoms with Crippen LogP contribution in [0.4, 0.5) is 39.5 Å². The van der Waals surface area contributed by atoms with Crippen LogP contribution in [0, 0.1) is 0 Å². The third-order valence-electron chi connectivity index (χ3n) is 5.72. The summed E-state index contributed by atoms with van der Waals surface area (Å²) in [5.74, 6) is -0.386. The maximum Gasteiger partial charge on any atom is 0.534 e. The van der Waals surface area contributed by atoms with Crippen LogP contribution in [0.2, 0.25) is 0 Å². The van der Waals surface area contributed by atoms with Gasteiger partial charge in [-0.2, -0.15) is 64.8 Å². The molecule has 0 aliphatic rings. The van der Waals surface area contributed by atoms with E-state index in [0.717, 1.165) is 16.8 Å². The Kier molecular flexibility index (Phi) is 9.94. The number of halogens is 9. The van der Waals surface area contributed by atoms with Gasteiger partial charge in [-0.3, -0.25) is 0 Å². The van der Waals surface area contributed by atoms with E-state index in [2.05, 4.69) is 14.2 Å². The van der Waals surface area contributed by atoms with Crippen molar-refractivity contribution in [1.29, 1.82) is 0 Å². The van der Waals surface area contributed by atoms with E-state index >= 15 is 0 Å². The van der Waals surface area contributed by atoms with Gasteiger partial charge in [0.2, 0.25) is 11.4 Å². The number of para-hydroxylation sites is 2. The average molecular weight is 785 g/mol. The largest absolute Gasteiger partial charge is 0.534 e. The van der Waals surface area contributed by atoms with Crippen LogP contribution in [0.15, 0.2) is 81.9 Å². The molecule has 0 bridgehead atoms. The Balaban J connectivity index is 0.000000174. The average Bonchev–Trinajstić information content (AvgIpc) is 3.56. The molecule has 0 saturated carbocycles. The van der Waals surface area contributed by atoms with Crippen LogP contribution in [-0.2, 0) is 34.0 Å². The van der Waals surface area contributed by atoms with E-state index < -0.39 is 52.6 Å². The van der Waals surface area contributed by atoms with Crippen molar-refractivity contribution >= 4 is 74.5 Å². The first-order chi connectivity index (χ1) is 22.9. The molecular weight excluding hydrogens is 771 g/mol. The van der Waals surface area contributed by atoms with Gasteiger partial charge in [-0.05, 0) is 36.4 Å². The topological polar surface area (TPSA) is 193 Å². The molecule has 0 aliphatic carbocycles. The van der Waals surface area contributed by atoms with Gasteiger partial charge in [-0.25, -0.2) is 9.97 Å². The highest BCUT2D eigenvalue weighted by atomic mass is 32.3. The number of hydrogen-bond acceptors (Lipinski definition) is 13. The first-order valence-electron chi connectivity index (χ1n) is 12.4. The molecule has 270 valence electrons. The summed E-state index contributed by atoms with van der Waals surface area (Å²) in [5, 5.41) is 12.3. The number of aromatic hydroxyl groups is 1. The van der Waals surface area contributed by atoms with Crippen molar-refractivity contribution in [3.05, 3.63) is 73.1 Å². The summed E-state index contributed by atoms with van der Waals surface area (Å²) in [7, 11) is -19.5. The first kappa shape index (κ1) is 37.9. The smallest absolute Gasteiger partial charge is 0.504 e. The summed E-state index contributed by atoms with van der Waals surface area (Å²) >= 11 is 0. The SMILES string of the molecule is O=S(=O)(OS(=O)(=O)C(F)(F)F)C(F)(F)F.O=S(=O)(Oc1cccc2c1oc1ncccc12)C(F)(F)F.Oc1cccc2c1oc1ncccc12. The molecular formula is C25H13F9N2O11S3. The van der Waals surface area contributed by atoms with Crippen LogP contribution in [0.25, 0.3) is 44.1 Å². The second-order valence-corrected chi connectivity index (χ2v) is 13.9. The molecule has 0 amide bonds. The van der Waals surface area contributed by atoms with Crippen LogP contribution in [0.3, 0.4) is 0 Å². The van der Waals surface area contributed by atoms with Crippen LogP contribution in [0.1, 0.15) is 0 Å². The third kappa shape index (κ3) is 7.79. The summed E-state index contributed by atoms with van der Waals surface area (Å²) in [6.45, 7) is 0. The maximum absolute atomic E-state index is 12.4. The minimum atomic E-state index is -6.85. The lowest BCUT2D eigenvalue weighted by atomic mass is 10.2. The number of aromatic nitrogens is 2. The van der Waals surface area contributed by atoms with Gasteiger partial charge in [0.05, 0.1) is 0 Å². The Bertz CT molecular complexity index is 2490. The third-order valence-corrected chi connectivity index (χ3v) is 9.26. The summed E-state index contributed by atoms with van der Waals surface area (Å²) in [6, 6.07) is 16.4. The minimum absolute atomic E-state index is 0.112. The van der Waals surface area contributed by atoms with Crippen LogP contribution < -0.4 is 4.18 Å². The minimum Gasteiger partial charge on any atom is -0.504 e. The number of fused-ring (bicyclic) bond motifs is 6. The van der Waals surface area contributed by atoms with E-state index in [-0.39, 0.29) is 17.0 Å². The van der Waals surface area contributed by atoms with Crippen molar-refractivity contribution in [2.75, 3.05) is 0 Å². The van der Waals surface area contributed by atoms with Crippen LogP contribution in [-0.4, -0.2) is 56.9 Å². The van der Waals surface area contributed by atoms with E-state index in [0.29, 0.717) is 22.1 Å². The molecule has 0 aliphatic heterocycles. The van der Waals surface area contributed by atoms with Gasteiger partial charge < -0.3 is 18.1 Å². The van der Waals surface area contributed by atoms with Crippen molar-refractivity contribution in [2.24, 2.45) is 0 Å². The van der Waals surface area contributed by atoms with E-state index in [1.165, 1.54) is 12.3 Å². The first-order valence-corrected chi connectivity index (χ1v) is 16.6. The zero-order chi connectivity index (χ0) is 37.5. The molecule has 0 atom stereocenters. The number of nitrogens with zero attached hydrogens (tertiary/aromatic N) is 2. The highest BCUT2D eigenvalue weighted by molar-refractivity contribution is 8.00. The van der Waals surface area contributed by atoms with E-state index in [1.807, 2.05) is 21.8 Å². The number of phenols is 1. The number of hydrogen-bond donors (Lipinski definition) is 1. The molecule has 2 aromatic carbocycles. The molecule has 13 nitrogen and oxygen atoms in total. The quantitative estimate of drug-likeness (QED) is 0.114. The van der Waals surface area contributed by atoms with Gasteiger partial charge in [0.1, 0.15) is 0 Å². The number of alkyl halides is 9. The van der Waals surface area contributed by atoms with E-state index in [9.17, 15) is 69.9 Å². The standard InChI is InChI=1S/C12H6F3NO4S.C11H7NO2.C2F6O5S2/c13-12(14,15)21(17,18)20-9-5-1-3-7-8-4-2-6-16-11(8)19-10(7)9;13-9-5-1-3-7-8-4-2-6-12-11(8)14-10(7)9;3-1(4,5)14(9,10)13-15(11,12)2(6,7)8/h1-6H;1-6,13H;. The number of furan rings is 2. The van der Waals surface area contributed by atoms with Gasteiger partial charge >= 0.3 is 46.9 Å². The molecule has 4 aromatic heterocycles. The lowest BCUT2D eigenvalue weighted by molar-refractivity contribution is -0.0586. The molecule has 25 heteroatoms. The number of benzene rings is 2. The lowest BCUT2D eigenvalue weighted by Gasteiger charge is -2.09. The number of rotatable bonds is 4. The zero-order valence-corrected chi connectivity index (χ0v) is 25.9. The molecule has 1 N–H and O–H groups in total. The zero-order valence-electron chi connectivity index (χ0n) is 23.5. The highest BCUT2D eigenvalue weighted by Crippen LogP contribution is 2.37.